The van der Waals surface area contributed by atoms with Crippen molar-refractivity contribution in [1.29, 1.82) is 0 Å². The van der Waals surface area contributed by atoms with Gasteiger partial charge in [0.05, 0.1) is 0 Å². The van der Waals surface area contributed by atoms with E-state index in [1.54, 1.807) is 6.07 Å². The highest BCUT2D eigenvalue weighted by Crippen LogP contribution is 2.25. The van der Waals surface area contributed by atoms with E-state index in [4.69, 9.17) is 28.9 Å². The fourth-order valence-electron chi connectivity index (χ4n) is 1.43. The summed E-state index contributed by atoms with van der Waals surface area (Å²) in [5, 5.41) is 1.29. The Kier molecular flexibility index (Phi) is 6.62. The Bertz CT molecular complexity index is 292. The molecule has 4 heteroatoms. The summed E-state index contributed by atoms with van der Waals surface area (Å²) in [5.41, 5.74) is 7.03. The molecular formula is C11H16Cl3N. The molecule has 0 aliphatic rings. The monoisotopic (exact) mass is 267 g/mol. The van der Waals surface area contributed by atoms with Gasteiger partial charge in [-0.2, -0.15) is 0 Å². The van der Waals surface area contributed by atoms with Gasteiger partial charge in [0, 0.05) is 16.1 Å². The second-order valence-electron chi connectivity index (χ2n) is 3.94. The van der Waals surface area contributed by atoms with Crippen LogP contribution in [0.4, 0.5) is 0 Å². The average molecular weight is 269 g/mol. The van der Waals surface area contributed by atoms with Crippen molar-refractivity contribution in [3.63, 3.8) is 0 Å². The highest BCUT2D eigenvalue weighted by Gasteiger charge is 2.09. The van der Waals surface area contributed by atoms with E-state index in [-0.39, 0.29) is 18.4 Å². The van der Waals surface area contributed by atoms with Gasteiger partial charge in [0.1, 0.15) is 0 Å². The minimum absolute atomic E-state index is 0. The number of nitrogens with two attached hydrogens (primary N) is 1. The predicted molar refractivity (Wildman–Crippen MR) is 70.1 cm³/mol. The molecule has 86 valence electrons. The Hall–Kier alpha value is 0.0500. The van der Waals surface area contributed by atoms with Crippen LogP contribution >= 0.6 is 35.6 Å². The lowest BCUT2D eigenvalue weighted by Gasteiger charge is -2.14. The standard InChI is InChI=1S/C11H15Cl2N.ClH/c1-7(2)3-11(14)8-4-9(12)6-10(13)5-8;/h4-7,11H,3,14H2,1-2H3;1H/t11-;/m0./s1. The van der Waals surface area contributed by atoms with Gasteiger partial charge in [-0.25, -0.2) is 0 Å². The van der Waals surface area contributed by atoms with E-state index in [1.165, 1.54) is 0 Å². The molecule has 0 heterocycles. The summed E-state index contributed by atoms with van der Waals surface area (Å²) in [6.45, 7) is 4.29. The summed E-state index contributed by atoms with van der Waals surface area (Å²) in [6.07, 6.45) is 0.941. The highest BCUT2D eigenvalue weighted by atomic mass is 35.5. The van der Waals surface area contributed by atoms with Crippen LogP contribution in [-0.2, 0) is 0 Å². The van der Waals surface area contributed by atoms with E-state index >= 15 is 0 Å². The third-order valence-corrected chi connectivity index (χ3v) is 2.47. The molecule has 1 atom stereocenters. The summed E-state index contributed by atoms with van der Waals surface area (Å²) >= 11 is 11.8. The molecule has 0 saturated carbocycles. The first-order valence-electron chi connectivity index (χ1n) is 4.70. The van der Waals surface area contributed by atoms with E-state index in [9.17, 15) is 0 Å². The van der Waals surface area contributed by atoms with E-state index < -0.39 is 0 Å². The van der Waals surface area contributed by atoms with E-state index in [2.05, 4.69) is 13.8 Å². The van der Waals surface area contributed by atoms with E-state index in [0.29, 0.717) is 16.0 Å². The molecule has 0 aromatic heterocycles. The van der Waals surface area contributed by atoms with Crippen molar-refractivity contribution in [2.75, 3.05) is 0 Å². The van der Waals surface area contributed by atoms with Gasteiger partial charge < -0.3 is 5.73 Å². The zero-order chi connectivity index (χ0) is 10.7. The van der Waals surface area contributed by atoms with Crippen LogP contribution in [0.1, 0.15) is 31.9 Å². The SMILES string of the molecule is CC(C)C[C@H](N)c1cc(Cl)cc(Cl)c1.Cl. The lowest BCUT2D eigenvalue weighted by molar-refractivity contribution is 0.510. The number of benzene rings is 1. The fraction of sp³-hybridized carbons (Fsp3) is 0.455. The minimum atomic E-state index is 0. The van der Waals surface area contributed by atoms with Crippen LogP contribution in [0.5, 0.6) is 0 Å². The maximum atomic E-state index is 6.02. The first-order valence-corrected chi connectivity index (χ1v) is 5.46. The maximum Gasteiger partial charge on any atom is 0.0424 e. The second kappa shape index (κ2) is 6.59. The minimum Gasteiger partial charge on any atom is -0.324 e. The Labute approximate surface area is 107 Å². The molecule has 0 radical (unpaired) electrons. The molecule has 1 aromatic carbocycles. The largest absolute Gasteiger partial charge is 0.324 e. The predicted octanol–water partition coefficient (Wildman–Crippen LogP) is 4.46. The molecule has 0 bridgehead atoms. The molecule has 1 rings (SSSR count). The zero-order valence-corrected chi connectivity index (χ0v) is 11.2. The fourth-order valence-corrected chi connectivity index (χ4v) is 1.98. The Morgan fingerprint density at radius 3 is 2.00 bits per heavy atom. The topological polar surface area (TPSA) is 26.0 Å². The third-order valence-electron chi connectivity index (χ3n) is 2.04. The van der Waals surface area contributed by atoms with Gasteiger partial charge in [-0.3, -0.25) is 0 Å². The molecule has 0 saturated heterocycles. The van der Waals surface area contributed by atoms with Crippen LogP contribution in [0.3, 0.4) is 0 Å². The lowest BCUT2D eigenvalue weighted by Crippen LogP contribution is -2.12. The van der Waals surface area contributed by atoms with Crippen LogP contribution in [0.2, 0.25) is 10.0 Å². The normalized spacial score (nSPS) is 12.4. The molecule has 1 nitrogen and oxygen atoms in total. The Morgan fingerprint density at radius 1 is 1.13 bits per heavy atom. The Morgan fingerprint density at radius 2 is 1.60 bits per heavy atom. The van der Waals surface area contributed by atoms with Crippen LogP contribution in [0.15, 0.2) is 18.2 Å². The molecule has 0 unspecified atom stereocenters. The van der Waals surface area contributed by atoms with Gasteiger partial charge in [0.15, 0.2) is 0 Å². The Balaban J connectivity index is 0.00000196. The van der Waals surface area contributed by atoms with Crippen molar-refractivity contribution in [2.45, 2.75) is 26.3 Å². The van der Waals surface area contributed by atoms with Crippen molar-refractivity contribution in [1.82, 2.24) is 0 Å². The first-order chi connectivity index (χ1) is 6.49. The molecule has 0 aliphatic carbocycles. The molecule has 0 spiro atoms. The van der Waals surface area contributed by atoms with Crippen molar-refractivity contribution in [3.05, 3.63) is 33.8 Å². The molecule has 15 heavy (non-hydrogen) atoms. The van der Waals surface area contributed by atoms with Gasteiger partial charge in [0.25, 0.3) is 0 Å². The highest BCUT2D eigenvalue weighted by molar-refractivity contribution is 6.34. The van der Waals surface area contributed by atoms with Crippen molar-refractivity contribution >= 4 is 35.6 Å². The number of rotatable bonds is 3. The van der Waals surface area contributed by atoms with Gasteiger partial charge in [-0.1, -0.05) is 37.0 Å². The molecule has 1 aromatic rings. The molecule has 0 fully saturated rings. The van der Waals surface area contributed by atoms with Crippen molar-refractivity contribution in [3.8, 4) is 0 Å². The number of halogens is 3. The van der Waals surface area contributed by atoms with E-state index in [1.807, 2.05) is 12.1 Å². The maximum absolute atomic E-state index is 6.02. The summed E-state index contributed by atoms with van der Waals surface area (Å²) in [4.78, 5) is 0. The quantitative estimate of drug-likeness (QED) is 0.860. The van der Waals surface area contributed by atoms with Crippen molar-refractivity contribution < 1.29 is 0 Å². The van der Waals surface area contributed by atoms with Crippen LogP contribution in [0, 0.1) is 5.92 Å². The van der Waals surface area contributed by atoms with Crippen LogP contribution in [-0.4, -0.2) is 0 Å². The molecular weight excluding hydrogens is 252 g/mol. The third kappa shape index (κ3) is 5.07. The number of hydrogen-bond donors (Lipinski definition) is 1. The lowest BCUT2D eigenvalue weighted by atomic mass is 9.98. The van der Waals surface area contributed by atoms with Crippen molar-refractivity contribution in [2.24, 2.45) is 11.7 Å². The van der Waals surface area contributed by atoms with E-state index in [0.717, 1.165) is 12.0 Å². The van der Waals surface area contributed by atoms with Gasteiger partial charge >= 0.3 is 0 Å². The summed E-state index contributed by atoms with van der Waals surface area (Å²) < 4.78 is 0. The summed E-state index contributed by atoms with van der Waals surface area (Å²) in [5.74, 6) is 0.572. The first kappa shape index (κ1) is 15.0. The molecule has 0 aliphatic heterocycles. The summed E-state index contributed by atoms with van der Waals surface area (Å²) in [7, 11) is 0. The number of hydrogen-bond acceptors (Lipinski definition) is 1. The molecule has 2 N–H and O–H groups in total. The van der Waals surface area contributed by atoms with Gasteiger partial charge in [-0.15, -0.1) is 12.4 Å². The van der Waals surface area contributed by atoms with Crippen LogP contribution in [0.25, 0.3) is 0 Å². The average Bonchev–Trinajstić information content (AvgIpc) is 2.00. The van der Waals surface area contributed by atoms with Crippen LogP contribution < -0.4 is 5.73 Å². The van der Waals surface area contributed by atoms with Gasteiger partial charge in [-0.05, 0) is 36.1 Å². The zero-order valence-electron chi connectivity index (χ0n) is 8.84. The molecule has 0 amide bonds. The second-order valence-corrected chi connectivity index (χ2v) is 4.81. The summed E-state index contributed by atoms with van der Waals surface area (Å²) in [6, 6.07) is 5.49. The van der Waals surface area contributed by atoms with Gasteiger partial charge in [0.2, 0.25) is 0 Å². The smallest absolute Gasteiger partial charge is 0.0424 e.